The lowest BCUT2D eigenvalue weighted by molar-refractivity contribution is -0.275. The lowest BCUT2D eigenvalue weighted by Gasteiger charge is -2.21. The molecule has 0 radical (unpaired) electrons. The molecule has 0 heterocycles. The van der Waals surface area contributed by atoms with Gasteiger partial charge in [0.1, 0.15) is 11.5 Å². The van der Waals surface area contributed by atoms with E-state index in [1.165, 1.54) is 24.3 Å². The summed E-state index contributed by atoms with van der Waals surface area (Å²) in [6.45, 7) is 0.868. The van der Waals surface area contributed by atoms with E-state index in [1.807, 2.05) is 0 Å². The van der Waals surface area contributed by atoms with E-state index in [1.54, 1.807) is 24.3 Å². The molecule has 3 nitrogen and oxygen atoms in total. The van der Waals surface area contributed by atoms with Crippen molar-refractivity contribution in [2.24, 2.45) is 0 Å². The minimum absolute atomic E-state index is 0.211. The molecule has 0 amide bonds. The molecule has 0 N–H and O–H groups in total. The van der Waals surface area contributed by atoms with Crippen LogP contribution >= 0.6 is 0 Å². The van der Waals surface area contributed by atoms with Gasteiger partial charge in [0.25, 0.3) is 0 Å². The first-order valence-electron chi connectivity index (χ1n) is 9.79. The summed E-state index contributed by atoms with van der Waals surface area (Å²) in [4.78, 5) is 0. The monoisotopic (exact) mass is 446 g/mol. The normalized spacial score (nSPS) is 19.0. The smallest absolute Gasteiger partial charge is 0.406 e. The predicted octanol–water partition coefficient (Wildman–Crippen LogP) is 6.26. The number of benzene rings is 2. The van der Waals surface area contributed by atoms with Crippen LogP contribution in [0.2, 0.25) is 0 Å². The fourth-order valence-corrected chi connectivity index (χ4v) is 3.80. The van der Waals surface area contributed by atoms with Crippen LogP contribution in [-0.2, 0) is 15.6 Å². The molecule has 0 unspecified atom stereocenters. The number of hydrogen-bond donors (Lipinski definition) is 0. The van der Waals surface area contributed by atoms with Gasteiger partial charge in [-0.3, -0.25) is 0 Å². The third kappa shape index (κ3) is 5.44. The van der Waals surface area contributed by atoms with Gasteiger partial charge in [0.2, 0.25) is 0 Å². The van der Waals surface area contributed by atoms with Gasteiger partial charge in [-0.15, -0.1) is 26.3 Å². The van der Waals surface area contributed by atoms with E-state index in [0.29, 0.717) is 13.2 Å². The Morgan fingerprint density at radius 2 is 0.903 bits per heavy atom. The zero-order valence-corrected chi connectivity index (χ0v) is 16.4. The Kier molecular flexibility index (Phi) is 5.36. The molecule has 2 saturated carbocycles. The first-order chi connectivity index (χ1) is 14.5. The van der Waals surface area contributed by atoms with Crippen LogP contribution in [0.3, 0.4) is 0 Å². The summed E-state index contributed by atoms with van der Waals surface area (Å²) in [5.74, 6) is -0.522. The van der Waals surface area contributed by atoms with Crippen molar-refractivity contribution in [3.05, 3.63) is 59.7 Å². The molecule has 0 aliphatic heterocycles. The molecule has 168 valence electrons. The zero-order valence-electron chi connectivity index (χ0n) is 16.4. The largest absolute Gasteiger partial charge is 0.573 e. The SMILES string of the molecule is FC(F)(F)Oc1ccc(C2(COCC3(c4ccc(OC(F)(F)F)cc4)CC3)CC2)cc1. The van der Waals surface area contributed by atoms with Crippen LogP contribution in [-0.4, -0.2) is 25.9 Å². The summed E-state index contributed by atoms with van der Waals surface area (Å²) in [6.07, 6.45) is -5.94. The molecule has 2 aliphatic rings. The molecule has 2 aliphatic carbocycles. The minimum atomic E-state index is -4.72. The van der Waals surface area contributed by atoms with Gasteiger partial charge in [-0.1, -0.05) is 24.3 Å². The lowest BCUT2D eigenvalue weighted by Crippen LogP contribution is -2.22. The highest BCUT2D eigenvalue weighted by Gasteiger charge is 2.48. The number of alkyl halides is 6. The Morgan fingerprint density at radius 1 is 0.581 bits per heavy atom. The fraction of sp³-hybridized carbons (Fsp3) is 0.455. The van der Waals surface area contributed by atoms with Gasteiger partial charge in [0, 0.05) is 10.8 Å². The Hall–Kier alpha value is -2.42. The van der Waals surface area contributed by atoms with Crippen molar-refractivity contribution in [2.45, 2.75) is 49.2 Å². The van der Waals surface area contributed by atoms with Crippen LogP contribution in [0.4, 0.5) is 26.3 Å². The molecule has 2 aromatic rings. The van der Waals surface area contributed by atoms with Crippen LogP contribution in [0.1, 0.15) is 36.8 Å². The highest BCUT2D eigenvalue weighted by Crippen LogP contribution is 2.51. The maximum Gasteiger partial charge on any atom is 0.573 e. The van der Waals surface area contributed by atoms with Crippen LogP contribution in [0.15, 0.2) is 48.5 Å². The number of rotatable bonds is 8. The summed E-state index contributed by atoms with van der Waals surface area (Å²) in [7, 11) is 0. The second kappa shape index (κ2) is 7.62. The molecule has 31 heavy (non-hydrogen) atoms. The molecule has 2 aromatic carbocycles. The standard InChI is InChI=1S/C22H20F6O3/c23-21(24,25)30-17-5-1-15(2-6-17)19(9-10-19)13-29-14-20(11-12-20)16-3-7-18(8-4-16)31-22(26,27)28/h1-8H,9-14H2. The van der Waals surface area contributed by atoms with E-state index in [-0.39, 0.29) is 22.3 Å². The van der Waals surface area contributed by atoms with Crippen molar-refractivity contribution < 1.29 is 40.6 Å². The van der Waals surface area contributed by atoms with E-state index in [9.17, 15) is 26.3 Å². The number of ether oxygens (including phenoxy) is 3. The first kappa shape index (κ1) is 21.8. The van der Waals surface area contributed by atoms with Crippen LogP contribution in [0.5, 0.6) is 11.5 Å². The Labute approximate surface area is 174 Å². The summed E-state index contributed by atoms with van der Waals surface area (Å²) in [5, 5.41) is 0. The number of halogens is 6. The van der Waals surface area contributed by atoms with E-state index in [4.69, 9.17) is 4.74 Å². The first-order valence-corrected chi connectivity index (χ1v) is 9.79. The fourth-order valence-electron chi connectivity index (χ4n) is 3.80. The third-order valence-corrected chi connectivity index (χ3v) is 5.86. The number of hydrogen-bond acceptors (Lipinski definition) is 3. The van der Waals surface area contributed by atoms with Crippen molar-refractivity contribution in [2.75, 3.05) is 13.2 Å². The molecule has 0 atom stereocenters. The summed E-state index contributed by atoms with van der Waals surface area (Å²) >= 11 is 0. The van der Waals surface area contributed by atoms with Crippen LogP contribution in [0, 0.1) is 0 Å². The van der Waals surface area contributed by atoms with Gasteiger partial charge in [0.15, 0.2) is 0 Å². The van der Waals surface area contributed by atoms with Crippen molar-refractivity contribution in [1.82, 2.24) is 0 Å². The highest BCUT2D eigenvalue weighted by atomic mass is 19.4. The quantitative estimate of drug-likeness (QED) is 0.448. The topological polar surface area (TPSA) is 27.7 Å². The van der Waals surface area contributed by atoms with Gasteiger partial charge >= 0.3 is 12.7 Å². The van der Waals surface area contributed by atoms with E-state index in [2.05, 4.69) is 9.47 Å². The molecular formula is C22H20F6O3. The molecule has 0 spiro atoms. The maximum absolute atomic E-state index is 12.3. The zero-order chi connectivity index (χ0) is 22.3. The molecule has 0 aromatic heterocycles. The van der Waals surface area contributed by atoms with Crippen molar-refractivity contribution in [3.8, 4) is 11.5 Å². The Morgan fingerprint density at radius 3 is 1.16 bits per heavy atom. The van der Waals surface area contributed by atoms with Gasteiger partial charge in [0.05, 0.1) is 13.2 Å². The second-order valence-electron chi connectivity index (χ2n) is 8.20. The average molecular weight is 446 g/mol. The minimum Gasteiger partial charge on any atom is -0.406 e. The molecule has 0 bridgehead atoms. The summed E-state index contributed by atoms with van der Waals surface area (Å²) < 4.78 is 87.7. The van der Waals surface area contributed by atoms with Crippen molar-refractivity contribution in [1.29, 1.82) is 0 Å². The third-order valence-electron chi connectivity index (χ3n) is 5.86. The average Bonchev–Trinajstić information content (AvgIpc) is 3.58. The van der Waals surface area contributed by atoms with E-state index in [0.717, 1.165) is 36.8 Å². The molecule has 9 heteroatoms. The molecular weight excluding hydrogens is 426 g/mol. The van der Waals surface area contributed by atoms with Gasteiger partial charge < -0.3 is 14.2 Å². The summed E-state index contributed by atoms with van der Waals surface area (Å²) in [6, 6.07) is 11.7. The van der Waals surface area contributed by atoms with Crippen LogP contribution in [0.25, 0.3) is 0 Å². The lowest BCUT2D eigenvalue weighted by atomic mass is 9.95. The summed E-state index contributed by atoms with van der Waals surface area (Å²) in [5.41, 5.74) is 1.38. The van der Waals surface area contributed by atoms with Gasteiger partial charge in [-0.05, 0) is 61.1 Å². The van der Waals surface area contributed by atoms with Crippen molar-refractivity contribution >= 4 is 0 Å². The Bertz CT molecular complexity index is 819. The van der Waals surface area contributed by atoms with E-state index >= 15 is 0 Å². The molecule has 0 saturated heterocycles. The van der Waals surface area contributed by atoms with Gasteiger partial charge in [-0.2, -0.15) is 0 Å². The van der Waals surface area contributed by atoms with Crippen LogP contribution < -0.4 is 9.47 Å². The maximum atomic E-state index is 12.3. The second-order valence-corrected chi connectivity index (χ2v) is 8.20. The highest BCUT2D eigenvalue weighted by molar-refractivity contribution is 5.37. The Balaban J connectivity index is 1.33. The van der Waals surface area contributed by atoms with Crippen molar-refractivity contribution in [3.63, 3.8) is 0 Å². The predicted molar refractivity (Wildman–Crippen MR) is 98.9 cm³/mol. The van der Waals surface area contributed by atoms with Gasteiger partial charge in [-0.25, -0.2) is 0 Å². The van der Waals surface area contributed by atoms with E-state index < -0.39 is 12.7 Å². The molecule has 4 rings (SSSR count). The molecule has 2 fully saturated rings.